The number of ether oxygens (including phenoxy) is 2. The Morgan fingerprint density at radius 2 is 1.93 bits per heavy atom. The summed E-state index contributed by atoms with van der Waals surface area (Å²) >= 11 is 0. The molecule has 1 saturated heterocycles. The second kappa shape index (κ2) is 12.1. The zero-order valence-electron chi connectivity index (χ0n) is 18.4. The van der Waals surface area contributed by atoms with Crippen LogP contribution in [0, 0.1) is 13.8 Å². The molecule has 30 heavy (non-hydrogen) atoms. The molecule has 2 aromatic rings. The van der Waals surface area contributed by atoms with Crippen molar-refractivity contribution >= 4 is 29.9 Å². The minimum Gasteiger partial charge on any atom is -0.439 e. The van der Waals surface area contributed by atoms with Crippen LogP contribution in [0.1, 0.15) is 36.5 Å². The summed E-state index contributed by atoms with van der Waals surface area (Å²) in [6.07, 6.45) is 4.24. The van der Waals surface area contributed by atoms with Gasteiger partial charge >= 0.3 is 0 Å². The topological polar surface area (TPSA) is 59.0 Å². The average molecular weight is 524 g/mol. The number of hydrogen-bond donors (Lipinski definition) is 1. The van der Waals surface area contributed by atoms with Gasteiger partial charge in [0.1, 0.15) is 5.75 Å². The molecule has 1 N–H and O–H groups in total. The van der Waals surface area contributed by atoms with Crippen LogP contribution >= 0.6 is 24.0 Å². The molecule has 1 aliphatic rings. The van der Waals surface area contributed by atoms with Gasteiger partial charge in [-0.25, -0.2) is 4.98 Å². The Labute approximate surface area is 197 Å². The molecule has 1 aromatic heterocycles. The van der Waals surface area contributed by atoms with Crippen molar-refractivity contribution in [1.82, 2.24) is 15.2 Å². The number of hydrogen-bond acceptors (Lipinski definition) is 4. The molecule has 0 amide bonds. The van der Waals surface area contributed by atoms with Gasteiger partial charge in [0.25, 0.3) is 0 Å². The van der Waals surface area contributed by atoms with E-state index in [0.717, 1.165) is 49.8 Å². The highest BCUT2D eigenvalue weighted by Gasteiger charge is 2.21. The maximum absolute atomic E-state index is 5.95. The van der Waals surface area contributed by atoms with E-state index in [1.54, 1.807) is 6.20 Å². The lowest BCUT2D eigenvalue weighted by Crippen LogP contribution is -2.46. The molecule has 0 unspecified atom stereocenters. The second-order valence-corrected chi connectivity index (χ2v) is 7.39. The highest BCUT2D eigenvalue weighted by Crippen LogP contribution is 2.22. The number of aromatic nitrogens is 1. The van der Waals surface area contributed by atoms with Crippen molar-refractivity contribution in [3.63, 3.8) is 0 Å². The monoisotopic (exact) mass is 524 g/mol. The fourth-order valence-corrected chi connectivity index (χ4v) is 3.50. The molecule has 164 valence electrons. The molecule has 0 spiro atoms. The standard InChI is InChI=1S/C23H32N4O2.HI/c1-5-28-20-9-12-27(13-10-20)23(24-4)26-16-19-8-11-25-22(15-19)29-21-7-6-17(2)18(3)14-21;/h6-8,11,14-15,20H,5,9-10,12-13,16H2,1-4H3,(H,24,26);1H. The van der Waals surface area contributed by atoms with Gasteiger partial charge < -0.3 is 19.7 Å². The summed E-state index contributed by atoms with van der Waals surface area (Å²) in [5.41, 5.74) is 3.56. The number of guanidine groups is 1. The van der Waals surface area contributed by atoms with Gasteiger partial charge in [0.2, 0.25) is 5.88 Å². The highest BCUT2D eigenvalue weighted by atomic mass is 127. The lowest BCUT2D eigenvalue weighted by molar-refractivity contribution is 0.0263. The molecule has 0 saturated carbocycles. The summed E-state index contributed by atoms with van der Waals surface area (Å²) in [7, 11) is 1.83. The summed E-state index contributed by atoms with van der Waals surface area (Å²) in [6.45, 7) is 9.61. The maximum Gasteiger partial charge on any atom is 0.219 e. The number of aliphatic imine (C=N–C) groups is 1. The Hall–Kier alpha value is -1.87. The number of likely N-dealkylation sites (tertiary alicyclic amines) is 1. The van der Waals surface area contributed by atoms with E-state index in [1.807, 2.05) is 31.3 Å². The van der Waals surface area contributed by atoms with Gasteiger partial charge in [0.15, 0.2) is 5.96 Å². The van der Waals surface area contributed by atoms with E-state index in [2.05, 4.69) is 47.0 Å². The molecule has 1 aliphatic heterocycles. The maximum atomic E-state index is 5.95. The first-order valence-electron chi connectivity index (χ1n) is 10.4. The number of halogens is 1. The van der Waals surface area contributed by atoms with Crippen LogP contribution in [-0.2, 0) is 11.3 Å². The van der Waals surface area contributed by atoms with Gasteiger partial charge in [-0.05, 0) is 68.5 Å². The molecule has 0 atom stereocenters. The molecule has 3 rings (SSSR count). The van der Waals surface area contributed by atoms with Crippen LogP contribution in [-0.4, -0.2) is 48.7 Å². The summed E-state index contributed by atoms with van der Waals surface area (Å²) in [5, 5.41) is 3.46. The largest absolute Gasteiger partial charge is 0.439 e. The Morgan fingerprint density at radius 1 is 1.17 bits per heavy atom. The van der Waals surface area contributed by atoms with Crippen LogP contribution in [0.15, 0.2) is 41.5 Å². The molecule has 1 fully saturated rings. The van der Waals surface area contributed by atoms with Gasteiger partial charge in [-0.3, -0.25) is 4.99 Å². The number of benzene rings is 1. The zero-order chi connectivity index (χ0) is 20.6. The van der Waals surface area contributed by atoms with Crippen molar-refractivity contribution < 1.29 is 9.47 Å². The molecule has 2 heterocycles. The van der Waals surface area contributed by atoms with Gasteiger partial charge in [0.05, 0.1) is 6.10 Å². The predicted molar refractivity (Wildman–Crippen MR) is 132 cm³/mol. The molecule has 1 aromatic carbocycles. The minimum atomic E-state index is 0. The third-order valence-corrected chi connectivity index (χ3v) is 5.31. The smallest absolute Gasteiger partial charge is 0.219 e. The van der Waals surface area contributed by atoms with Crippen molar-refractivity contribution in [2.75, 3.05) is 26.7 Å². The van der Waals surface area contributed by atoms with E-state index >= 15 is 0 Å². The first-order valence-corrected chi connectivity index (χ1v) is 10.4. The molecular weight excluding hydrogens is 491 g/mol. The Bertz CT molecular complexity index is 836. The van der Waals surface area contributed by atoms with Gasteiger partial charge in [0, 0.05) is 45.6 Å². The van der Waals surface area contributed by atoms with Crippen molar-refractivity contribution in [3.8, 4) is 11.6 Å². The van der Waals surface area contributed by atoms with Crippen LogP contribution in [0.3, 0.4) is 0 Å². The Balaban J connectivity index is 0.00000320. The molecule has 0 radical (unpaired) electrons. The van der Waals surface area contributed by atoms with Crippen LogP contribution in [0.25, 0.3) is 0 Å². The van der Waals surface area contributed by atoms with E-state index in [9.17, 15) is 0 Å². The molecule has 0 bridgehead atoms. The van der Waals surface area contributed by atoms with E-state index in [0.29, 0.717) is 18.5 Å². The third kappa shape index (κ3) is 6.84. The van der Waals surface area contributed by atoms with Crippen LogP contribution in [0.4, 0.5) is 0 Å². The first kappa shape index (κ1) is 24.4. The first-order chi connectivity index (χ1) is 14.1. The quantitative estimate of drug-likeness (QED) is 0.338. The van der Waals surface area contributed by atoms with E-state index in [-0.39, 0.29) is 24.0 Å². The number of nitrogens with one attached hydrogen (secondary N) is 1. The SMILES string of the molecule is CCOC1CCN(C(=NC)NCc2ccnc(Oc3ccc(C)c(C)c3)c2)CC1.I. The van der Waals surface area contributed by atoms with Gasteiger partial charge in [-0.15, -0.1) is 24.0 Å². The normalized spacial score (nSPS) is 14.9. The predicted octanol–water partition coefficient (Wildman–Crippen LogP) is 4.69. The van der Waals surface area contributed by atoms with Crippen LogP contribution < -0.4 is 10.1 Å². The van der Waals surface area contributed by atoms with Crippen molar-refractivity contribution in [1.29, 1.82) is 0 Å². The fraction of sp³-hybridized carbons (Fsp3) is 0.478. The highest BCUT2D eigenvalue weighted by molar-refractivity contribution is 14.0. The minimum absolute atomic E-state index is 0. The number of pyridine rings is 1. The van der Waals surface area contributed by atoms with Crippen molar-refractivity contribution in [3.05, 3.63) is 53.2 Å². The lowest BCUT2D eigenvalue weighted by atomic mass is 10.1. The average Bonchev–Trinajstić information content (AvgIpc) is 2.73. The van der Waals surface area contributed by atoms with Gasteiger partial charge in [-0.1, -0.05) is 6.07 Å². The third-order valence-electron chi connectivity index (χ3n) is 5.31. The molecule has 0 aliphatic carbocycles. The molecule has 6 nitrogen and oxygen atoms in total. The van der Waals surface area contributed by atoms with E-state index in [4.69, 9.17) is 9.47 Å². The summed E-state index contributed by atoms with van der Waals surface area (Å²) in [6, 6.07) is 10.0. The summed E-state index contributed by atoms with van der Waals surface area (Å²) in [5.74, 6) is 2.33. The Morgan fingerprint density at radius 3 is 2.60 bits per heavy atom. The molecule has 7 heteroatoms. The van der Waals surface area contributed by atoms with E-state index in [1.165, 1.54) is 11.1 Å². The number of rotatable bonds is 6. The Kier molecular flexibility index (Phi) is 9.84. The van der Waals surface area contributed by atoms with Crippen molar-refractivity contribution in [2.45, 2.75) is 46.3 Å². The zero-order valence-corrected chi connectivity index (χ0v) is 20.7. The van der Waals surface area contributed by atoms with Crippen LogP contribution in [0.5, 0.6) is 11.6 Å². The summed E-state index contributed by atoms with van der Waals surface area (Å²) < 4.78 is 11.7. The van der Waals surface area contributed by atoms with E-state index < -0.39 is 0 Å². The van der Waals surface area contributed by atoms with Gasteiger partial charge in [-0.2, -0.15) is 0 Å². The number of nitrogens with zero attached hydrogens (tertiary/aromatic N) is 3. The lowest BCUT2D eigenvalue weighted by Gasteiger charge is -2.34. The second-order valence-electron chi connectivity index (χ2n) is 7.39. The number of aryl methyl sites for hydroxylation is 2. The fourth-order valence-electron chi connectivity index (χ4n) is 3.50. The van der Waals surface area contributed by atoms with Crippen molar-refractivity contribution in [2.24, 2.45) is 4.99 Å². The summed E-state index contributed by atoms with van der Waals surface area (Å²) in [4.78, 5) is 11.1. The molecular formula is C23H33IN4O2. The number of piperidine rings is 1. The van der Waals surface area contributed by atoms with Crippen LogP contribution in [0.2, 0.25) is 0 Å².